The van der Waals surface area contributed by atoms with Crippen LogP contribution in [0.2, 0.25) is 0 Å². The second-order valence-corrected chi connectivity index (χ2v) is 9.25. The van der Waals surface area contributed by atoms with Crippen LogP contribution in [0, 0.1) is 11.8 Å². The minimum Gasteiger partial charge on any atom is -0.507 e. The fourth-order valence-corrected chi connectivity index (χ4v) is 4.78. The van der Waals surface area contributed by atoms with Gasteiger partial charge >= 0.3 is 0 Å². The number of nitrogens with zero attached hydrogens (tertiary/aromatic N) is 8. The van der Waals surface area contributed by atoms with Crippen molar-refractivity contribution in [1.29, 1.82) is 0 Å². The van der Waals surface area contributed by atoms with Crippen LogP contribution in [0.3, 0.4) is 0 Å². The van der Waals surface area contributed by atoms with E-state index in [2.05, 4.69) is 41.8 Å². The maximum atomic E-state index is 10.3. The maximum Gasteiger partial charge on any atom is 0.206 e. The summed E-state index contributed by atoms with van der Waals surface area (Å²) in [6, 6.07) is 18.9. The zero-order valence-electron chi connectivity index (χ0n) is 21.3. The Morgan fingerprint density at radius 2 is 1.72 bits per heavy atom. The number of hydrogen-bond donors (Lipinski definition) is 2. The van der Waals surface area contributed by atoms with Crippen molar-refractivity contribution in [1.82, 2.24) is 29.7 Å². The van der Waals surface area contributed by atoms with Gasteiger partial charge in [-0.1, -0.05) is 30.2 Å². The number of rotatable bonds is 4. The Balaban J connectivity index is 1.15. The molecule has 0 saturated carbocycles. The van der Waals surface area contributed by atoms with Crippen LogP contribution < -0.4 is 15.5 Å². The topological polar surface area (TPSA) is 122 Å². The number of nitrogens with two attached hydrogens (primary N) is 1. The van der Waals surface area contributed by atoms with Gasteiger partial charge in [0.25, 0.3) is 0 Å². The van der Waals surface area contributed by atoms with Gasteiger partial charge in [-0.05, 0) is 48.7 Å². The molecule has 1 aliphatic heterocycles. The average molecular weight is 518 g/mol. The number of hydrogen-bond acceptors (Lipinski definition) is 9. The summed E-state index contributed by atoms with van der Waals surface area (Å²) in [4.78, 5) is 17.9. The van der Waals surface area contributed by atoms with Gasteiger partial charge in [0.2, 0.25) is 5.82 Å². The smallest absolute Gasteiger partial charge is 0.206 e. The Kier molecular flexibility index (Phi) is 6.62. The third-order valence-electron chi connectivity index (χ3n) is 6.76. The van der Waals surface area contributed by atoms with Crippen molar-refractivity contribution >= 4 is 28.4 Å². The van der Waals surface area contributed by atoms with E-state index >= 15 is 0 Å². The summed E-state index contributed by atoms with van der Waals surface area (Å²) in [5.74, 6) is 8.14. The number of imidazole rings is 1. The predicted molar refractivity (Wildman–Crippen MR) is 151 cm³/mol. The highest BCUT2D eigenvalue weighted by atomic mass is 16.3. The van der Waals surface area contributed by atoms with Crippen molar-refractivity contribution in [2.24, 2.45) is 0 Å². The molecule has 1 saturated heterocycles. The summed E-state index contributed by atoms with van der Waals surface area (Å²) < 4.78 is 2.01. The van der Waals surface area contributed by atoms with E-state index in [1.54, 1.807) is 24.7 Å². The number of benzene rings is 2. The Morgan fingerprint density at radius 3 is 2.64 bits per heavy atom. The molecule has 3 N–H and O–H groups in total. The van der Waals surface area contributed by atoms with E-state index in [1.165, 1.54) is 0 Å². The van der Waals surface area contributed by atoms with Gasteiger partial charge in [0.05, 0.1) is 35.3 Å². The van der Waals surface area contributed by atoms with Crippen LogP contribution in [0.4, 0.5) is 17.3 Å². The van der Waals surface area contributed by atoms with Crippen LogP contribution in [0.25, 0.3) is 22.3 Å². The highest BCUT2D eigenvalue weighted by molar-refractivity contribution is 5.75. The van der Waals surface area contributed by atoms with E-state index in [1.807, 2.05) is 53.1 Å². The molecule has 0 spiro atoms. The standard InChI is InChI=1S/C29H27N9O/c30-29-25(19-23(34-35-29)21-7-1-4-10-26(21)39)36-15-6-16-37(18-17-36)28-12-13-31-27(33-28)11-5-14-38-20-32-22-8-2-3-9-24(22)38/h1-4,7-10,12-13,19-20,39H,6,14-18H2,(H2,30,35). The summed E-state index contributed by atoms with van der Waals surface area (Å²) in [6.07, 6.45) is 4.47. The number of aromatic nitrogens is 6. The molecule has 0 amide bonds. The van der Waals surface area contributed by atoms with Crippen LogP contribution in [-0.2, 0) is 6.54 Å². The first-order valence-electron chi connectivity index (χ1n) is 12.8. The molecule has 0 bridgehead atoms. The van der Waals surface area contributed by atoms with Gasteiger partial charge in [-0.15, -0.1) is 10.2 Å². The molecule has 0 radical (unpaired) electrons. The number of anilines is 3. The number of nitrogen functional groups attached to an aromatic ring is 1. The summed E-state index contributed by atoms with van der Waals surface area (Å²) in [7, 11) is 0. The number of phenolic OH excluding ortho intramolecular Hbond substituents is 1. The third-order valence-corrected chi connectivity index (χ3v) is 6.76. The Morgan fingerprint density at radius 1 is 0.897 bits per heavy atom. The van der Waals surface area contributed by atoms with Crippen molar-refractivity contribution in [2.75, 3.05) is 41.7 Å². The van der Waals surface area contributed by atoms with Gasteiger partial charge in [0, 0.05) is 37.9 Å². The molecule has 194 valence electrons. The van der Waals surface area contributed by atoms with Crippen molar-refractivity contribution in [3.05, 3.63) is 79.0 Å². The zero-order valence-corrected chi connectivity index (χ0v) is 21.3. The largest absolute Gasteiger partial charge is 0.507 e. The highest BCUT2D eigenvalue weighted by Crippen LogP contribution is 2.31. The predicted octanol–water partition coefficient (Wildman–Crippen LogP) is 3.34. The summed E-state index contributed by atoms with van der Waals surface area (Å²) in [5, 5.41) is 18.6. The van der Waals surface area contributed by atoms with Crippen molar-refractivity contribution < 1.29 is 5.11 Å². The van der Waals surface area contributed by atoms with Crippen LogP contribution in [0.5, 0.6) is 5.75 Å². The number of para-hydroxylation sites is 3. The van der Waals surface area contributed by atoms with Gasteiger partial charge in [-0.3, -0.25) is 0 Å². The van der Waals surface area contributed by atoms with E-state index in [9.17, 15) is 5.11 Å². The van der Waals surface area contributed by atoms with Gasteiger partial charge in [-0.25, -0.2) is 15.0 Å². The Hall–Kier alpha value is -5.17. The lowest BCUT2D eigenvalue weighted by Crippen LogP contribution is -2.31. The molecule has 10 heteroatoms. The fraction of sp³-hybridized carbons (Fsp3) is 0.207. The van der Waals surface area contributed by atoms with Crippen LogP contribution in [-0.4, -0.2) is 61.0 Å². The molecule has 2 aromatic carbocycles. The lowest BCUT2D eigenvalue weighted by molar-refractivity contribution is 0.477. The second kappa shape index (κ2) is 10.7. The quantitative estimate of drug-likeness (QED) is 0.346. The highest BCUT2D eigenvalue weighted by Gasteiger charge is 2.20. The first-order valence-corrected chi connectivity index (χ1v) is 12.8. The molecule has 10 nitrogen and oxygen atoms in total. The number of fused-ring (bicyclic) bond motifs is 1. The lowest BCUT2D eigenvalue weighted by Gasteiger charge is -2.25. The lowest BCUT2D eigenvalue weighted by atomic mass is 10.1. The first-order chi connectivity index (χ1) is 19.2. The second-order valence-electron chi connectivity index (χ2n) is 9.25. The molecule has 0 aliphatic carbocycles. The van der Waals surface area contributed by atoms with Gasteiger partial charge in [0.15, 0.2) is 5.82 Å². The zero-order chi connectivity index (χ0) is 26.6. The molecule has 1 fully saturated rings. The van der Waals surface area contributed by atoms with E-state index in [4.69, 9.17) is 10.7 Å². The van der Waals surface area contributed by atoms with Crippen LogP contribution in [0.15, 0.2) is 73.2 Å². The SMILES string of the molecule is Nc1nnc(-c2ccccc2O)cc1N1CCCN(c2ccnc(C#CCn3cnc4ccccc43)n2)CC1. The monoisotopic (exact) mass is 517 g/mol. The Labute approximate surface area is 225 Å². The summed E-state index contributed by atoms with van der Waals surface area (Å²) >= 11 is 0. The minimum absolute atomic E-state index is 0.158. The maximum absolute atomic E-state index is 10.3. The minimum atomic E-state index is 0.158. The molecule has 4 heterocycles. The van der Waals surface area contributed by atoms with Crippen molar-refractivity contribution in [3.63, 3.8) is 0 Å². The molecule has 3 aromatic heterocycles. The fourth-order valence-electron chi connectivity index (χ4n) is 4.78. The van der Waals surface area contributed by atoms with Crippen LogP contribution in [0.1, 0.15) is 12.2 Å². The van der Waals surface area contributed by atoms with E-state index in [0.717, 1.165) is 55.1 Å². The summed E-state index contributed by atoms with van der Waals surface area (Å²) in [6.45, 7) is 3.64. The normalized spacial score (nSPS) is 13.6. The molecule has 1 aliphatic rings. The molecule has 0 atom stereocenters. The summed E-state index contributed by atoms with van der Waals surface area (Å²) in [5.41, 5.74) is 10.3. The van der Waals surface area contributed by atoms with E-state index < -0.39 is 0 Å². The number of phenols is 1. The molecule has 39 heavy (non-hydrogen) atoms. The molecule has 0 unspecified atom stereocenters. The average Bonchev–Trinajstić information content (AvgIpc) is 3.21. The molecule has 6 rings (SSSR count). The van der Waals surface area contributed by atoms with E-state index in [0.29, 0.717) is 29.4 Å². The van der Waals surface area contributed by atoms with Crippen molar-refractivity contribution in [2.45, 2.75) is 13.0 Å². The molecular formula is C29H27N9O. The van der Waals surface area contributed by atoms with E-state index in [-0.39, 0.29) is 5.75 Å². The Bertz CT molecular complexity index is 1690. The van der Waals surface area contributed by atoms with Crippen molar-refractivity contribution in [3.8, 4) is 28.8 Å². The van der Waals surface area contributed by atoms with Gasteiger partial charge in [-0.2, -0.15) is 0 Å². The van der Waals surface area contributed by atoms with Gasteiger partial charge < -0.3 is 25.2 Å². The number of aromatic hydroxyl groups is 1. The molecular weight excluding hydrogens is 490 g/mol. The third kappa shape index (κ3) is 5.15. The molecule has 5 aromatic rings. The van der Waals surface area contributed by atoms with Crippen LogP contribution >= 0.6 is 0 Å². The first kappa shape index (κ1) is 24.2. The van der Waals surface area contributed by atoms with Gasteiger partial charge in [0.1, 0.15) is 11.6 Å².